The highest BCUT2D eigenvalue weighted by Crippen LogP contribution is 2.53. The molecule has 0 nitrogen and oxygen atoms in total. The highest BCUT2D eigenvalue weighted by atomic mass is 32.2. The fourth-order valence-electron chi connectivity index (χ4n) is 2.10. The van der Waals surface area contributed by atoms with E-state index in [2.05, 4.69) is 0 Å². The second kappa shape index (κ2) is 5.21. The Morgan fingerprint density at radius 1 is 0.737 bits per heavy atom. The van der Waals surface area contributed by atoms with Gasteiger partial charge in [0.15, 0.2) is 9.40 Å². The summed E-state index contributed by atoms with van der Waals surface area (Å²) in [6, 6.07) is 13.5. The summed E-state index contributed by atoms with van der Waals surface area (Å²) in [7, 11) is -1.79. The summed E-state index contributed by atoms with van der Waals surface area (Å²) >= 11 is 0. The molecule has 3 rings (SSSR count). The van der Waals surface area contributed by atoms with Gasteiger partial charge in [-0.05, 0) is 24.3 Å². The first kappa shape index (κ1) is 13.9. The predicted molar refractivity (Wildman–Crippen MR) is 76.6 cm³/mol. The molecule has 0 N–H and O–H groups in total. The third kappa shape index (κ3) is 2.32. The molecule has 0 bridgehead atoms. The first-order chi connectivity index (χ1) is 9.09. The largest absolute Gasteiger partial charge is 0.601 e. The minimum Gasteiger partial charge on any atom is -0.118 e. The van der Waals surface area contributed by atoms with Gasteiger partial charge in [0, 0.05) is 10.8 Å². The van der Waals surface area contributed by atoms with Gasteiger partial charge in [-0.3, -0.25) is 0 Å². The lowest BCUT2D eigenvalue weighted by Crippen LogP contribution is -1.94. The van der Waals surface area contributed by atoms with Gasteiger partial charge in [-0.1, -0.05) is 38.1 Å². The van der Waals surface area contributed by atoms with Gasteiger partial charge in [-0.15, -0.1) is 13.2 Å². The van der Waals surface area contributed by atoms with E-state index in [1.165, 1.54) is 0 Å². The molecular weight excluding hydrogens is 269 g/mol. The fraction of sp³-hybridized carbons (Fsp3) is 0.200. The van der Waals surface area contributed by atoms with Crippen LogP contribution in [0.5, 0.6) is 0 Å². The lowest BCUT2D eigenvalue weighted by molar-refractivity contribution is -0.0862. The standard InChI is InChI=1S/C13H8F3S.C2H6/c14-13(15,16)17-11-7-3-1-5-9(11)10-6-2-4-8-12(10)17;1-2/h1-8H;1-2H3/q+1;. The predicted octanol–water partition coefficient (Wildman–Crippen LogP) is 6.24. The SMILES string of the molecule is CC.FC(F)(F)[s+]1c2ccccc2c2ccccc21. The second-order valence-electron chi connectivity index (χ2n) is 3.74. The zero-order chi connectivity index (χ0) is 14.0. The molecule has 3 aromatic rings. The van der Waals surface area contributed by atoms with Crippen LogP contribution in [0.1, 0.15) is 13.8 Å². The van der Waals surface area contributed by atoms with Crippen LogP contribution < -0.4 is 0 Å². The van der Waals surface area contributed by atoms with Crippen molar-refractivity contribution in [2.24, 2.45) is 0 Å². The van der Waals surface area contributed by atoms with Gasteiger partial charge in [-0.2, -0.15) is 0 Å². The Labute approximate surface area is 112 Å². The van der Waals surface area contributed by atoms with Gasteiger partial charge in [-0.25, -0.2) is 0 Å². The average Bonchev–Trinajstić information content (AvgIpc) is 2.75. The van der Waals surface area contributed by atoms with Gasteiger partial charge in [0.1, 0.15) is 10.5 Å². The van der Waals surface area contributed by atoms with E-state index in [4.69, 9.17) is 0 Å². The quantitative estimate of drug-likeness (QED) is 0.428. The van der Waals surface area contributed by atoms with E-state index in [0.29, 0.717) is 20.2 Å². The minimum absolute atomic E-state index is 0.390. The highest BCUT2D eigenvalue weighted by molar-refractivity contribution is 7.43. The Hall–Kier alpha value is -1.55. The van der Waals surface area contributed by atoms with E-state index in [9.17, 15) is 13.2 Å². The lowest BCUT2D eigenvalue weighted by Gasteiger charge is -1.95. The van der Waals surface area contributed by atoms with Crippen molar-refractivity contribution in [1.82, 2.24) is 0 Å². The zero-order valence-corrected chi connectivity index (χ0v) is 11.5. The molecular formula is C15H14F3S+. The van der Waals surface area contributed by atoms with Crippen LogP contribution in [0.15, 0.2) is 48.5 Å². The molecule has 0 saturated carbocycles. The molecule has 100 valence electrons. The van der Waals surface area contributed by atoms with Crippen LogP contribution in [0.3, 0.4) is 0 Å². The summed E-state index contributed by atoms with van der Waals surface area (Å²) in [6.45, 7) is 4.00. The molecule has 1 aromatic heterocycles. The van der Waals surface area contributed by atoms with Crippen LogP contribution in [-0.2, 0) is 5.51 Å². The summed E-state index contributed by atoms with van der Waals surface area (Å²) in [5.74, 6) is 0. The van der Waals surface area contributed by atoms with E-state index < -0.39 is 16.0 Å². The van der Waals surface area contributed by atoms with Crippen LogP contribution in [0.2, 0.25) is 0 Å². The average molecular weight is 283 g/mol. The molecule has 0 spiro atoms. The van der Waals surface area contributed by atoms with Crippen molar-refractivity contribution in [3.63, 3.8) is 0 Å². The van der Waals surface area contributed by atoms with Crippen molar-refractivity contribution in [3.8, 4) is 0 Å². The van der Waals surface area contributed by atoms with Crippen molar-refractivity contribution < 1.29 is 13.2 Å². The number of halogens is 3. The van der Waals surface area contributed by atoms with Crippen LogP contribution in [-0.4, -0.2) is 0 Å². The highest BCUT2D eigenvalue weighted by Gasteiger charge is 2.47. The zero-order valence-electron chi connectivity index (χ0n) is 10.7. The molecule has 0 amide bonds. The summed E-state index contributed by atoms with van der Waals surface area (Å²) in [6.07, 6.45) is 0. The number of rotatable bonds is 0. The molecule has 2 aromatic carbocycles. The third-order valence-electron chi connectivity index (χ3n) is 2.74. The van der Waals surface area contributed by atoms with Gasteiger partial charge >= 0.3 is 5.51 Å². The fourth-order valence-corrected chi connectivity index (χ4v) is 4.06. The second-order valence-corrected chi connectivity index (χ2v) is 5.70. The Kier molecular flexibility index (Phi) is 3.80. The lowest BCUT2D eigenvalue weighted by atomic mass is 10.2. The van der Waals surface area contributed by atoms with E-state index in [1.54, 1.807) is 48.5 Å². The van der Waals surface area contributed by atoms with Crippen LogP contribution in [0, 0.1) is 0 Å². The maximum atomic E-state index is 13.1. The molecule has 1 heterocycles. The van der Waals surface area contributed by atoms with Crippen molar-refractivity contribution in [2.45, 2.75) is 19.4 Å². The van der Waals surface area contributed by atoms with Crippen molar-refractivity contribution >= 4 is 30.6 Å². The van der Waals surface area contributed by atoms with E-state index in [0.717, 1.165) is 0 Å². The number of thiophene rings is 1. The Balaban J connectivity index is 0.000000637. The molecule has 4 heteroatoms. The van der Waals surface area contributed by atoms with Gasteiger partial charge in [0.2, 0.25) is 0 Å². The normalized spacial score (nSPS) is 11.4. The van der Waals surface area contributed by atoms with Crippen molar-refractivity contribution in [1.29, 1.82) is 0 Å². The smallest absolute Gasteiger partial charge is 0.118 e. The number of alkyl halides is 3. The maximum Gasteiger partial charge on any atom is 0.601 e. The number of fused-ring (bicyclic) bond motifs is 3. The molecule has 0 fully saturated rings. The topological polar surface area (TPSA) is 0 Å². The van der Waals surface area contributed by atoms with Crippen LogP contribution >= 0.6 is 10.5 Å². The molecule has 0 aliphatic rings. The molecule has 0 radical (unpaired) electrons. The van der Waals surface area contributed by atoms with Gasteiger partial charge in [0.25, 0.3) is 0 Å². The maximum absolute atomic E-state index is 13.1. The summed E-state index contributed by atoms with van der Waals surface area (Å²) < 4.78 is 40.2. The van der Waals surface area contributed by atoms with E-state index >= 15 is 0 Å². The van der Waals surface area contributed by atoms with Gasteiger partial charge < -0.3 is 0 Å². The molecule has 0 atom stereocenters. The molecule has 19 heavy (non-hydrogen) atoms. The molecule has 0 unspecified atom stereocenters. The van der Waals surface area contributed by atoms with E-state index in [-0.39, 0.29) is 0 Å². The number of benzene rings is 2. The molecule has 0 aliphatic carbocycles. The van der Waals surface area contributed by atoms with Crippen LogP contribution in [0.25, 0.3) is 20.2 Å². The third-order valence-corrected chi connectivity index (χ3v) is 4.79. The minimum atomic E-state index is -4.21. The van der Waals surface area contributed by atoms with Gasteiger partial charge in [0.05, 0.1) is 0 Å². The molecule has 0 saturated heterocycles. The Bertz CT molecular complexity index is 642. The summed E-state index contributed by atoms with van der Waals surface area (Å²) in [5.41, 5.74) is -4.21. The molecule has 0 aliphatic heterocycles. The summed E-state index contributed by atoms with van der Waals surface area (Å²) in [4.78, 5) is 0. The van der Waals surface area contributed by atoms with Crippen LogP contribution in [0.4, 0.5) is 13.2 Å². The monoisotopic (exact) mass is 283 g/mol. The number of hydrogen-bond donors (Lipinski definition) is 0. The first-order valence-corrected chi connectivity index (χ1v) is 7.31. The Morgan fingerprint density at radius 2 is 1.11 bits per heavy atom. The number of hydrogen-bond acceptors (Lipinski definition) is 0. The van der Waals surface area contributed by atoms with Crippen molar-refractivity contribution in [2.75, 3.05) is 0 Å². The van der Waals surface area contributed by atoms with E-state index in [1.807, 2.05) is 13.8 Å². The van der Waals surface area contributed by atoms with Crippen molar-refractivity contribution in [3.05, 3.63) is 48.5 Å². The first-order valence-electron chi connectivity index (χ1n) is 6.08. The Morgan fingerprint density at radius 3 is 1.47 bits per heavy atom. The summed E-state index contributed by atoms with van der Waals surface area (Å²) in [5, 5.41) is 1.42.